The molecule has 1 aromatic carbocycles. The second-order valence-corrected chi connectivity index (χ2v) is 8.12. The molecule has 0 unspecified atom stereocenters. The predicted octanol–water partition coefficient (Wildman–Crippen LogP) is 0.887. The molecule has 10 nitrogen and oxygen atoms in total. The Balaban J connectivity index is 1.55. The molecule has 0 saturated carbocycles. The van der Waals surface area contributed by atoms with Crippen molar-refractivity contribution in [2.45, 2.75) is 30.8 Å². The number of benzene rings is 1. The van der Waals surface area contributed by atoms with E-state index in [2.05, 4.69) is 25.9 Å². The highest BCUT2D eigenvalue weighted by atomic mass is 32.2. The maximum absolute atomic E-state index is 11.4. The predicted molar refractivity (Wildman–Crippen MR) is 112 cm³/mol. The van der Waals surface area contributed by atoms with Crippen molar-refractivity contribution in [2.75, 3.05) is 13.1 Å². The molecule has 0 saturated heterocycles. The monoisotopic (exact) mass is 431 g/mol. The van der Waals surface area contributed by atoms with Gasteiger partial charge in [0.05, 0.1) is 23.9 Å². The first-order chi connectivity index (χ1) is 14.5. The van der Waals surface area contributed by atoms with Crippen molar-refractivity contribution in [3.63, 3.8) is 0 Å². The van der Waals surface area contributed by atoms with Gasteiger partial charge in [0.25, 0.3) is 0 Å². The molecule has 160 valence electrons. The summed E-state index contributed by atoms with van der Waals surface area (Å²) in [5.41, 5.74) is 0.872. The first-order valence-corrected chi connectivity index (χ1v) is 11.1. The van der Waals surface area contributed by atoms with Gasteiger partial charge < -0.3 is 15.1 Å². The third-order valence-corrected chi connectivity index (χ3v) is 5.17. The van der Waals surface area contributed by atoms with E-state index >= 15 is 0 Å². The number of nitrogens with one attached hydrogen (secondary N) is 2. The molecular weight excluding hydrogens is 406 g/mol. The topological polar surface area (TPSA) is 140 Å². The summed E-state index contributed by atoms with van der Waals surface area (Å²) in [4.78, 5) is 4.67. The van der Waals surface area contributed by atoms with Crippen LogP contribution in [0.3, 0.4) is 0 Å². The van der Waals surface area contributed by atoms with Gasteiger partial charge in [-0.15, -0.1) is 5.10 Å². The van der Waals surface area contributed by atoms with Gasteiger partial charge in [0.1, 0.15) is 5.76 Å². The first kappa shape index (κ1) is 21.5. The number of nitrogens with two attached hydrogens (primary N) is 1. The van der Waals surface area contributed by atoms with Crippen molar-refractivity contribution in [3.8, 4) is 0 Å². The van der Waals surface area contributed by atoms with E-state index < -0.39 is 10.0 Å². The number of aliphatic imine (C=N–C) groups is 1. The van der Waals surface area contributed by atoms with Crippen LogP contribution >= 0.6 is 0 Å². The second-order valence-electron chi connectivity index (χ2n) is 6.56. The molecule has 3 aromatic rings. The zero-order valence-corrected chi connectivity index (χ0v) is 17.3. The van der Waals surface area contributed by atoms with Gasteiger partial charge >= 0.3 is 0 Å². The van der Waals surface area contributed by atoms with Crippen LogP contribution in [0.4, 0.5) is 0 Å². The van der Waals surface area contributed by atoms with Crippen LogP contribution in [0.5, 0.6) is 0 Å². The van der Waals surface area contributed by atoms with Crippen LogP contribution in [-0.2, 0) is 29.5 Å². The number of nitrogens with zero attached hydrogens (tertiary/aromatic N) is 4. The fourth-order valence-electron chi connectivity index (χ4n) is 2.69. The molecule has 0 spiro atoms. The number of hydrogen-bond donors (Lipinski definition) is 3. The SMILES string of the molecule is NS(=O)(=O)c1ccc(CN=C(NCCCn2ccnn2)NCCc2ccco2)cc1. The molecule has 0 aliphatic carbocycles. The van der Waals surface area contributed by atoms with Crippen LogP contribution in [0.25, 0.3) is 0 Å². The van der Waals surface area contributed by atoms with Gasteiger partial charge in [-0.05, 0) is 36.2 Å². The fraction of sp³-hybridized carbons (Fsp3) is 0.316. The number of sulfonamides is 1. The number of aromatic nitrogens is 3. The van der Waals surface area contributed by atoms with E-state index in [1.807, 2.05) is 18.3 Å². The van der Waals surface area contributed by atoms with E-state index in [0.717, 1.165) is 30.7 Å². The lowest BCUT2D eigenvalue weighted by Gasteiger charge is -2.12. The van der Waals surface area contributed by atoms with Crippen LogP contribution < -0.4 is 15.8 Å². The highest BCUT2D eigenvalue weighted by molar-refractivity contribution is 7.89. The number of primary sulfonamides is 1. The lowest BCUT2D eigenvalue weighted by atomic mass is 10.2. The summed E-state index contributed by atoms with van der Waals surface area (Å²) < 4.78 is 29.9. The number of guanidine groups is 1. The van der Waals surface area contributed by atoms with Gasteiger partial charge in [-0.1, -0.05) is 17.3 Å². The third-order valence-electron chi connectivity index (χ3n) is 4.24. The molecule has 4 N–H and O–H groups in total. The van der Waals surface area contributed by atoms with Crippen molar-refractivity contribution < 1.29 is 12.8 Å². The van der Waals surface area contributed by atoms with Crippen molar-refractivity contribution in [1.82, 2.24) is 25.6 Å². The Kier molecular flexibility index (Phi) is 7.57. The highest BCUT2D eigenvalue weighted by Crippen LogP contribution is 2.09. The number of furan rings is 1. The van der Waals surface area contributed by atoms with Crippen LogP contribution in [0, 0.1) is 0 Å². The van der Waals surface area contributed by atoms with Gasteiger partial charge in [-0.25, -0.2) is 18.5 Å². The Morgan fingerprint density at radius 3 is 2.63 bits per heavy atom. The Morgan fingerprint density at radius 1 is 1.17 bits per heavy atom. The molecule has 0 fully saturated rings. The normalized spacial score (nSPS) is 12.1. The van der Waals surface area contributed by atoms with Crippen molar-refractivity contribution in [2.24, 2.45) is 10.1 Å². The molecule has 0 radical (unpaired) electrons. The average molecular weight is 432 g/mol. The zero-order chi connectivity index (χ0) is 21.2. The lowest BCUT2D eigenvalue weighted by molar-refractivity contribution is 0.506. The van der Waals surface area contributed by atoms with Gasteiger partial charge in [0, 0.05) is 32.3 Å². The Hall–Kier alpha value is -3.18. The molecule has 0 amide bonds. The molecule has 2 heterocycles. The van der Waals surface area contributed by atoms with Gasteiger partial charge in [0.2, 0.25) is 10.0 Å². The van der Waals surface area contributed by atoms with Crippen molar-refractivity contribution in [1.29, 1.82) is 0 Å². The molecule has 0 aliphatic rings. The van der Waals surface area contributed by atoms with Gasteiger partial charge in [-0.3, -0.25) is 4.68 Å². The van der Waals surface area contributed by atoms with E-state index in [9.17, 15) is 8.42 Å². The van der Waals surface area contributed by atoms with Crippen LogP contribution in [0.15, 0.2) is 69.4 Å². The van der Waals surface area contributed by atoms with Gasteiger partial charge in [0.15, 0.2) is 5.96 Å². The first-order valence-electron chi connectivity index (χ1n) is 9.51. The molecule has 30 heavy (non-hydrogen) atoms. The molecular formula is C19H25N7O3S. The number of rotatable bonds is 10. The van der Waals surface area contributed by atoms with E-state index in [-0.39, 0.29) is 4.90 Å². The maximum Gasteiger partial charge on any atom is 0.238 e. The number of hydrogen-bond acceptors (Lipinski definition) is 6. The lowest BCUT2D eigenvalue weighted by Crippen LogP contribution is -2.39. The maximum atomic E-state index is 11.4. The molecule has 11 heteroatoms. The Morgan fingerprint density at radius 2 is 1.97 bits per heavy atom. The largest absolute Gasteiger partial charge is 0.469 e. The Bertz CT molecular complexity index is 1010. The standard InChI is InChI=1S/C19H25N7O3S/c20-30(27,28)18-6-4-16(5-7-18)15-23-19(22-10-8-17-3-1-14-29-17)21-9-2-12-26-13-11-24-25-26/h1,3-7,11,13-14H,2,8-10,12,15H2,(H2,20,27,28)(H2,21,22,23). The van der Waals surface area contributed by atoms with E-state index in [4.69, 9.17) is 9.56 Å². The summed E-state index contributed by atoms with van der Waals surface area (Å²) in [6.07, 6.45) is 6.71. The minimum Gasteiger partial charge on any atom is -0.469 e. The van der Waals surface area contributed by atoms with E-state index in [0.29, 0.717) is 25.6 Å². The van der Waals surface area contributed by atoms with E-state index in [1.165, 1.54) is 12.1 Å². The summed E-state index contributed by atoms with van der Waals surface area (Å²) >= 11 is 0. The molecule has 0 bridgehead atoms. The fourth-order valence-corrected chi connectivity index (χ4v) is 3.20. The molecule has 0 atom stereocenters. The van der Waals surface area contributed by atoms with Gasteiger partial charge in [-0.2, -0.15) is 0 Å². The van der Waals surface area contributed by atoms with Crippen molar-refractivity contribution in [3.05, 3.63) is 66.4 Å². The van der Waals surface area contributed by atoms with Crippen molar-refractivity contribution >= 4 is 16.0 Å². The second kappa shape index (κ2) is 10.6. The summed E-state index contributed by atoms with van der Waals surface area (Å²) in [5, 5.41) is 19.4. The molecule has 3 rings (SSSR count). The Labute approximate surface area is 175 Å². The van der Waals surface area contributed by atoms with Crippen LogP contribution in [0.1, 0.15) is 17.7 Å². The van der Waals surface area contributed by atoms with Crippen LogP contribution in [0.2, 0.25) is 0 Å². The van der Waals surface area contributed by atoms with E-state index in [1.54, 1.807) is 29.3 Å². The summed E-state index contributed by atoms with van der Waals surface area (Å²) in [5.74, 6) is 1.56. The minimum atomic E-state index is -3.70. The molecule has 2 aromatic heterocycles. The highest BCUT2D eigenvalue weighted by Gasteiger charge is 2.07. The quantitative estimate of drug-likeness (QED) is 0.246. The number of aryl methyl sites for hydroxylation is 1. The zero-order valence-electron chi connectivity index (χ0n) is 16.4. The summed E-state index contributed by atoms with van der Waals surface area (Å²) in [6.45, 7) is 2.51. The summed E-state index contributed by atoms with van der Waals surface area (Å²) in [7, 11) is -3.70. The summed E-state index contributed by atoms with van der Waals surface area (Å²) in [6, 6.07) is 10.2. The third kappa shape index (κ3) is 7.01. The molecule has 0 aliphatic heterocycles. The van der Waals surface area contributed by atoms with Crippen LogP contribution in [-0.4, -0.2) is 42.5 Å². The minimum absolute atomic E-state index is 0.0817. The average Bonchev–Trinajstić information content (AvgIpc) is 3.42. The smallest absolute Gasteiger partial charge is 0.238 e.